The number of nitrogens with zero attached hydrogens (tertiary/aromatic N) is 6. The summed E-state index contributed by atoms with van der Waals surface area (Å²) in [6.45, 7) is 2.91. The van der Waals surface area contributed by atoms with Crippen molar-refractivity contribution in [2.75, 3.05) is 27.3 Å². The fourth-order valence-corrected chi connectivity index (χ4v) is 6.19. The number of H-pyrrole nitrogens is 4. The summed E-state index contributed by atoms with van der Waals surface area (Å²) in [6, 6.07) is 32.1. The van der Waals surface area contributed by atoms with E-state index in [1.807, 2.05) is 97.1 Å². The minimum Gasteiger partial charge on any atom is -0.390 e. The minimum absolute atomic E-state index is 0. The van der Waals surface area contributed by atoms with Gasteiger partial charge in [-0.1, -0.05) is 48.5 Å². The predicted octanol–water partition coefficient (Wildman–Crippen LogP) is 4.14. The average Bonchev–Trinajstić information content (AvgIpc) is 3.96. The molecule has 57 heavy (non-hydrogen) atoms. The normalized spacial score (nSPS) is 11.2. The van der Waals surface area contributed by atoms with Crippen LogP contribution in [0.25, 0.3) is 44.1 Å². The van der Waals surface area contributed by atoms with Crippen molar-refractivity contribution >= 4 is 58.4 Å². The first-order chi connectivity index (χ1) is 26.6. The number of aromatic amines is 4. The van der Waals surface area contributed by atoms with Crippen LogP contribution in [0.4, 0.5) is 0 Å². The van der Waals surface area contributed by atoms with Crippen molar-refractivity contribution in [1.29, 1.82) is 0 Å². The third-order valence-corrected chi connectivity index (χ3v) is 8.19. The van der Waals surface area contributed by atoms with E-state index in [2.05, 4.69) is 29.7 Å². The Labute approximate surface area is 355 Å². The molecule has 2 radical (unpaired) electrons. The Morgan fingerprint density at radius 2 is 0.702 bits per heavy atom. The van der Waals surface area contributed by atoms with E-state index in [1.54, 1.807) is 0 Å². The Morgan fingerprint density at radius 3 is 0.912 bits per heavy atom. The number of imidazole rings is 4. The van der Waals surface area contributed by atoms with Gasteiger partial charge in [-0.2, -0.15) is 0 Å². The van der Waals surface area contributed by atoms with E-state index in [1.165, 1.54) is 11.4 Å². The zero-order valence-electron chi connectivity index (χ0n) is 32.1. The number of para-hydroxylation sites is 8. The second-order valence-electron chi connectivity index (χ2n) is 13.1. The molecule has 8 rings (SSSR count). The van der Waals surface area contributed by atoms with Crippen molar-refractivity contribution in [2.45, 2.75) is 43.7 Å². The molecular weight excluding hydrogens is 875 g/mol. The molecule has 0 amide bonds. The van der Waals surface area contributed by atoms with Crippen molar-refractivity contribution in [3.63, 3.8) is 0 Å². The van der Waals surface area contributed by atoms with Crippen molar-refractivity contribution in [3.8, 4) is 0 Å². The number of rotatable bonds is 12. The number of fused-ring (bicyclic) bond motifs is 4. The molecular formula is C39H50AsFe2N10O5+5. The summed E-state index contributed by atoms with van der Waals surface area (Å²) in [4.78, 5) is 37.4. The Morgan fingerprint density at radius 1 is 0.491 bits per heavy atom. The van der Waals surface area contributed by atoms with Crippen LogP contribution in [0, 0.1) is 0 Å². The van der Waals surface area contributed by atoms with E-state index in [0.717, 1.165) is 81.7 Å². The summed E-state index contributed by atoms with van der Waals surface area (Å²) in [7, 11) is 2.00. The van der Waals surface area contributed by atoms with Gasteiger partial charge in [0.2, 0.25) is 0 Å². The van der Waals surface area contributed by atoms with Gasteiger partial charge < -0.3 is 35.3 Å². The summed E-state index contributed by atoms with van der Waals surface area (Å²) in [5.41, 5.74) is 10.6. The van der Waals surface area contributed by atoms with E-state index in [-0.39, 0.29) is 34.1 Å². The number of hydrogen-bond donors (Lipinski definition) is 9. The molecule has 0 atom stereocenters. The molecule has 0 unspecified atom stereocenters. The molecule has 4 heterocycles. The smallest absolute Gasteiger partial charge is 0.390 e. The van der Waals surface area contributed by atoms with E-state index in [0.29, 0.717) is 39.3 Å². The first kappa shape index (κ1) is 47.5. The SMILES string of the molecule is CO.CO.C[As](C)(O)O.OC(CN(Cc1nc2ccccc2[nH]1)Cc1nc2ccccc2[nH]1)CN(Cc1nc2ccccc2[nH]1)Cc1nc2ccccc2[nH]1.[Fe+2].[Fe+3]. The van der Waals surface area contributed by atoms with Gasteiger partial charge in [-0.3, -0.25) is 9.80 Å². The van der Waals surface area contributed by atoms with Crippen LogP contribution in [0.1, 0.15) is 23.3 Å². The Bertz CT molecular complexity index is 1930. The number of aliphatic hydroxyl groups excluding tert-OH is 3. The Balaban J connectivity index is 0.000000727. The maximum atomic E-state index is 11.7. The second-order valence-corrected chi connectivity index (χ2v) is 18.7. The molecule has 0 aliphatic heterocycles. The molecule has 0 bridgehead atoms. The monoisotopic (exact) mass is 925 g/mol. The van der Waals surface area contributed by atoms with Crippen LogP contribution in [-0.2, 0) is 60.3 Å². The summed E-state index contributed by atoms with van der Waals surface area (Å²) in [5.74, 6) is 3.36. The molecule has 9 N–H and O–H groups in total. The van der Waals surface area contributed by atoms with Gasteiger partial charge in [0.05, 0.1) is 76.4 Å². The molecule has 0 saturated carbocycles. The Kier molecular flexibility index (Phi) is 19.0. The largest absolute Gasteiger partial charge is 3.00 e. The topological polar surface area (TPSA) is 222 Å². The molecule has 8 aromatic rings. The number of nitrogens with one attached hydrogen (secondary N) is 4. The van der Waals surface area contributed by atoms with Gasteiger partial charge in [0.1, 0.15) is 23.3 Å². The summed E-state index contributed by atoms with van der Waals surface area (Å²) in [6.07, 6.45) is -0.678. The molecule has 4 aromatic carbocycles. The van der Waals surface area contributed by atoms with E-state index in [4.69, 9.17) is 38.3 Å². The van der Waals surface area contributed by atoms with Gasteiger partial charge in [-0.25, -0.2) is 19.9 Å². The number of benzene rings is 4. The predicted molar refractivity (Wildman–Crippen MR) is 217 cm³/mol. The molecule has 302 valence electrons. The molecule has 0 fully saturated rings. The van der Waals surface area contributed by atoms with Crippen molar-refractivity contribution < 1.29 is 57.6 Å². The fourth-order valence-electron chi connectivity index (χ4n) is 6.19. The average molecular weight is 926 g/mol. The fraction of sp³-hybridized carbons (Fsp3) is 0.282. The van der Waals surface area contributed by atoms with Gasteiger partial charge in [0.15, 0.2) is 0 Å². The minimum atomic E-state index is -2.88. The molecule has 4 aromatic heterocycles. The van der Waals surface area contributed by atoms with Gasteiger partial charge in [-0.15, -0.1) is 0 Å². The molecule has 0 saturated heterocycles. The van der Waals surface area contributed by atoms with E-state index in [9.17, 15) is 5.11 Å². The van der Waals surface area contributed by atoms with Gasteiger partial charge in [0.25, 0.3) is 0 Å². The number of aliphatic hydroxyl groups is 3. The molecule has 15 nitrogen and oxygen atoms in total. The third-order valence-electron chi connectivity index (χ3n) is 8.19. The van der Waals surface area contributed by atoms with Crippen LogP contribution >= 0.6 is 0 Å². The molecule has 18 heteroatoms. The molecule has 0 aliphatic carbocycles. The summed E-state index contributed by atoms with van der Waals surface area (Å²) >= 11 is -2.88. The van der Waals surface area contributed by atoms with Gasteiger partial charge in [0, 0.05) is 27.3 Å². The van der Waals surface area contributed by atoms with Crippen molar-refractivity contribution in [1.82, 2.24) is 49.7 Å². The molecule has 0 spiro atoms. The third kappa shape index (κ3) is 14.1. The van der Waals surface area contributed by atoms with Crippen LogP contribution in [0.2, 0.25) is 11.4 Å². The van der Waals surface area contributed by atoms with Gasteiger partial charge >= 0.3 is 68.0 Å². The zero-order valence-corrected chi connectivity index (χ0v) is 36.2. The van der Waals surface area contributed by atoms with Crippen LogP contribution < -0.4 is 0 Å². The van der Waals surface area contributed by atoms with Crippen LogP contribution in [0.5, 0.6) is 0 Å². The number of hydrogen-bond acceptors (Lipinski definition) is 11. The standard InChI is InChI=1S/C35H34N10O.C2H8AsO2.2CH4O.2Fe/c46-23(17-44(19-32-36-24-9-1-2-10-25(24)37-32)20-33-38-26-11-3-4-12-27(26)39-33)18-45(21-34-40-28-13-5-6-14-29(28)41-34)22-35-42-30-15-7-8-16-31(30)43-35;1-3(2,4)5;2*1-2;;/h1-16,23,46H,17-22H2,(H,36,37)(H,38,39)(H,40,41)(H,42,43);4-5H,1-2H3;2*2H,1H3;;/q;;;;+2;+3. The van der Waals surface area contributed by atoms with E-state index < -0.39 is 20.3 Å². The van der Waals surface area contributed by atoms with Crippen molar-refractivity contribution in [2.24, 2.45) is 0 Å². The quantitative estimate of drug-likeness (QED) is 0.0793. The first-order valence-corrected chi connectivity index (χ1v) is 23.1. The first-order valence-electron chi connectivity index (χ1n) is 17.7. The van der Waals surface area contributed by atoms with Gasteiger partial charge in [-0.05, 0) is 48.5 Å². The molecule has 0 aliphatic rings. The van der Waals surface area contributed by atoms with E-state index >= 15 is 0 Å². The Hall–Kier alpha value is -3.92. The summed E-state index contributed by atoms with van der Waals surface area (Å²) < 4.78 is 16.5. The maximum Gasteiger partial charge on any atom is 3.00 e. The van der Waals surface area contributed by atoms with Crippen LogP contribution in [-0.4, -0.2) is 121 Å². The summed E-state index contributed by atoms with van der Waals surface area (Å²) in [5, 5.41) is 25.7. The van der Waals surface area contributed by atoms with Crippen molar-refractivity contribution in [3.05, 3.63) is 120 Å². The maximum absolute atomic E-state index is 11.7. The van der Waals surface area contributed by atoms with Crippen LogP contribution in [0.3, 0.4) is 0 Å². The second kappa shape index (κ2) is 22.9. The van der Waals surface area contributed by atoms with Crippen LogP contribution in [0.15, 0.2) is 97.1 Å². The zero-order chi connectivity index (χ0) is 39.4. The number of aromatic nitrogens is 8.